The van der Waals surface area contributed by atoms with Crippen LogP contribution in [0.1, 0.15) is 13.3 Å². The molecule has 0 saturated carbocycles. The van der Waals surface area contributed by atoms with Crippen molar-refractivity contribution in [1.82, 2.24) is 0 Å². The lowest BCUT2D eigenvalue weighted by Crippen LogP contribution is -2.32. The summed E-state index contributed by atoms with van der Waals surface area (Å²) in [6.07, 6.45) is -0.221. The third-order valence-electron chi connectivity index (χ3n) is 5.14. The summed E-state index contributed by atoms with van der Waals surface area (Å²) in [5.74, 6) is 0.340. The normalized spacial score (nSPS) is 12.2. The second-order valence-corrected chi connectivity index (χ2v) is 9.16. The number of para-hydroxylation sites is 1. The van der Waals surface area contributed by atoms with Crippen LogP contribution in [0.15, 0.2) is 102 Å². The molecule has 4 rings (SSSR count). The second kappa shape index (κ2) is 9.75. The van der Waals surface area contributed by atoms with E-state index in [1.54, 1.807) is 36.4 Å². The van der Waals surface area contributed by atoms with E-state index in [2.05, 4.69) is 10.0 Å². The molecule has 0 aromatic heterocycles. The molecule has 2 N–H and O–H groups in total. The molecule has 0 aliphatic heterocycles. The molecule has 4 aromatic rings. The van der Waals surface area contributed by atoms with E-state index in [9.17, 15) is 13.2 Å². The Morgan fingerprint density at radius 3 is 2.21 bits per heavy atom. The third kappa shape index (κ3) is 5.32. The minimum absolute atomic E-state index is 0.100. The summed E-state index contributed by atoms with van der Waals surface area (Å²) in [7, 11) is -3.73. The van der Waals surface area contributed by atoms with E-state index >= 15 is 0 Å². The third-order valence-corrected chi connectivity index (χ3v) is 6.54. The fraction of sp³-hybridized carbons (Fsp3) is 0.115. The molecule has 0 aliphatic carbocycles. The van der Waals surface area contributed by atoms with Crippen LogP contribution in [0.3, 0.4) is 0 Å². The summed E-state index contributed by atoms with van der Waals surface area (Å²) in [6.45, 7) is 1.88. The minimum Gasteiger partial charge on any atom is -0.480 e. The predicted molar refractivity (Wildman–Crippen MR) is 131 cm³/mol. The summed E-state index contributed by atoms with van der Waals surface area (Å²) in [5.41, 5.74) is 0.963. The van der Waals surface area contributed by atoms with Crippen LogP contribution in [0.25, 0.3) is 10.8 Å². The van der Waals surface area contributed by atoms with Gasteiger partial charge in [0.15, 0.2) is 6.10 Å². The van der Waals surface area contributed by atoms with Crippen LogP contribution in [0.4, 0.5) is 11.4 Å². The topological polar surface area (TPSA) is 84.5 Å². The van der Waals surface area contributed by atoms with Crippen molar-refractivity contribution in [1.29, 1.82) is 0 Å². The maximum absolute atomic E-state index is 12.8. The molecule has 0 bridgehead atoms. The SMILES string of the molecule is CC[C@H](Oc1cccc2ccccc12)C(=O)Nc1ccc(S(=O)(=O)Nc2ccccc2)cc1. The molecule has 1 atom stereocenters. The van der Waals surface area contributed by atoms with Crippen LogP contribution in [0.5, 0.6) is 5.75 Å². The maximum Gasteiger partial charge on any atom is 0.265 e. The van der Waals surface area contributed by atoms with Crippen LogP contribution in [0.2, 0.25) is 0 Å². The highest BCUT2D eigenvalue weighted by Crippen LogP contribution is 2.27. The summed E-state index contributed by atoms with van der Waals surface area (Å²) >= 11 is 0. The molecule has 0 spiro atoms. The first-order valence-corrected chi connectivity index (χ1v) is 12.1. The van der Waals surface area contributed by atoms with Crippen LogP contribution in [-0.4, -0.2) is 20.4 Å². The Labute approximate surface area is 193 Å². The van der Waals surface area contributed by atoms with Gasteiger partial charge in [-0.05, 0) is 54.3 Å². The fourth-order valence-electron chi connectivity index (χ4n) is 3.43. The average Bonchev–Trinajstić information content (AvgIpc) is 2.83. The van der Waals surface area contributed by atoms with Gasteiger partial charge in [-0.2, -0.15) is 0 Å². The van der Waals surface area contributed by atoms with Crippen LogP contribution in [-0.2, 0) is 14.8 Å². The van der Waals surface area contributed by atoms with Gasteiger partial charge < -0.3 is 10.1 Å². The highest BCUT2D eigenvalue weighted by atomic mass is 32.2. The number of amides is 1. The molecule has 6 nitrogen and oxygen atoms in total. The van der Waals surface area contributed by atoms with Gasteiger partial charge in [-0.15, -0.1) is 0 Å². The predicted octanol–water partition coefficient (Wildman–Crippen LogP) is 5.44. The van der Waals surface area contributed by atoms with Gasteiger partial charge >= 0.3 is 0 Å². The fourth-order valence-corrected chi connectivity index (χ4v) is 4.49. The minimum atomic E-state index is -3.73. The van der Waals surface area contributed by atoms with E-state index in [-0.39, 0.29) is 10.8 Å². The van der Waals surface area contributed by atoms with Crippen molar-refractivity contribution in [3.63, 3.8) is 0 Å². The molecule has 0 heterocycles. The number of hydrogen-bond acceptors (Lipinski definition) is 4. The van der Waals surface area contributed by atoms with Crippen molar-refractivity contribution in [2.75, 3.05) is 10.0 Å². The molecule has 7 heteroatoms. The zero-order chi connectivity index (χ0) is 23.3. The van der Waals surface area contributed by atoms with Gasteiger partial charge in [-0.1, -0.05) is 61.5 Å². The molecule has 0 aliphatic rings. The zero-order valence-corrected chi connectivity index (χ0v) is 18.9. The number of benzene rings is 4. The number of sulfonamides is 1. The first-order chi connectivity index (χ1) is 16.0. The molecule has 0 saturated heterocycles. The standard InChI is InChI=1S/C26H24N2O4S/c1-2-24(32-25-14-8-10-19-9-6-7-13-23(19)25)26(29)27-20-15-17-22(18-16-20)33(30,31)28-21-11-4-3-5-12-21/h3-18,24,28H,2H2,1H3,(H,27,29)/t24-/m0/s1. The molecule has 4 aromatic carbocycles. The first kappa shape index (κ1) is 22.4. The van der Waals surface area contributed by atoms with E-state index in [0.717, 1.165) is 10.8 Å². The van der Waals surface area contributed by atoms with Gasteiger partial charge in [-0.3, -0.25) is 9.52 Å². The molecule has 168 valence electrons. The number of nitrogens with one attached hydrogen (secondary N) is 2. The molecular formula is C26H24N2O4S. The van der Waals surface area contributed by atoms with Gasteiger partial charge in [0.2, 0.25) is 0 Å². The lowest BCUT2D eigenvalue weighted by atomic mass is 10.1. The molecule has 0 radical (unpaired) electrons. The first-order valence-electron chi connectivity index (χ1n) is 10.6. The number of ether oxygens (including phenoxy) is 1. The van der Waals surface area contributed by atoms with Crippen LogP contribution in [0, 0.1) is 0 Å². The molecule has 0 unspecified atom stereocenters. The Morgan fingerprint density at radius 1 is 0.818 bits per heavy atom. The van der Waals surface area contributed by atoms with E-state index in [1.165, 1.54) is 12.1 Å². The molecule has 33 heavy (non-hydrogen) atoms. The second-order valence-electron chi connectivity index (χ2n) is 7.48. The van der Waals surface area contributed by atoms with Gasteiger partial charge in [-0.25, -0.2) is 8.42 Å². The van der Waals surface area contributed by atoms with Crippen molar-refractivity contribution in [2.24, 2.45) is 0 Å². The monoisotopic (exact) mass is 460 g/mol. The van der Waals surface area contributed by atoms with Gasteiger partial charge in [0, 0.05) is 16.8 Å². The van der Waals surface area contributed by atoms with E-state index in [1.807, 2.05) is 55.5 Å². The van der Waals surface area contributed by atoms with Gasteiger partial charge in [0.05, 0.1) is 4.90 Å². The van der Waals surface area contributed by atoms with E-state index < -0.39 is 16.1 Å². The largest absolute Gasteiger partial charge is 0.480 e. The average molecular weight is 461 g/mol. The van der Waals surface area contributed by atoms with E-state index in [4.69, 9.17) is 4.74 Å². The zero-order valence-electron chi connectivity index (χ0n) is 18.1. The number of carbonyl (C=O) groups excluding carboxylic acids is 1. The Balaban J connectivity index is 1.45. The van der Waals surface area contributed by atoms with Crippen molar-refractivity contribution in [3.8, 4) is 5.75 Å². The van der Waals surface area contributed by atoms with Crippen molar-refractivity contribution in [2.45, 2.75) is 24.3 Å². The lowest BCUT2D eigenvalue weighted by Gasteiger charge is -2.18. The Morgan fingerprint density at radius 2 is 1.48 bits per heavy atom. The summed E-state index contributed by atoms with van der Waals surface area (Å²) < 4.78 is 33.7. The summed E-state index contributed by atoms with van der Waals surface area (Å²) in [5, 5.41) is 4.78. The smallest absolute Gasteiger partial charge is 0.265 e. The van der Waals surface area contributed by atoms with Crippen LogP contribution >= 0.6 is 0 Å². The van der Waals surface area contributed by atoms with Gasteiger partial charge in [0.25, 0.3) is 15.9 Å². The van der Waals surface area contributed by atoms with Crippen LogP contribution < -0.4 is 14.8 Å². The number of rotatable bonds is 8. The number of hydrogen-bond donors (Lipinski definition) is 2. The molecule has 0 fully saturated rings. The van der Waals surface area contributed by atoms with E-state index in [0.29, 0.717) is 23.5 Å². The van der Waals surface area contributed by atoms with Crippen molar-refractivity contribution in [3.05, 3.63) is 97.1 Å². The summed E-state index contributed by atoms with van der Waals surface area (Å²) in [4.78, 5) is 12.9. The number of anilines is 2. The maximum atomic E-state index is 12.8. The Hall–Kier alpha value is -3.84. The van der Waals surface area contributed by atoms with Crippen molar-refractivity contribution >= 4 is 38.1 Å². The molecule has 1 amide bonds. The quantitative estimate of drug-likeness (QED) is 0.367. The van der Waals surface area contributed by atoms with Crippen molar-refractivity contribution < 1.29 is 17.9 Å². The lowest BCUT2D eigenvalue weighted by molar-refractivity contribution is -0.122. The number of carbonyl (C=O) groups is 1. The molecular weight excluding hydrogens is 436 g/mol. The van der Waals surface area contributed by atoms with Gasteiger partial charge in [0.1, 0.15) is 5.75 Å². The number of fused-ring (bicyclic) bond motifs is 1. The highest BCUT2D eigenvalue weighted by molar-refractivity contribution is 7.92. The Kier molecular flexibility index (Phi) is 6.60. The summed E-state index contributed by atoms with van der Waals surface area (Å²) in [6, 6.07) is 28.2. The highest BCUT2D eigenvalue weighted by Gasteiger charge is 2.20. The Bertz CT molecular complexity index is 1350.